The minimum absolute atomic E-state index is 0.0155. The van der Waals surface area contributed by atoms with Gasteiger partial charge in [0, 0.05) is 35.5 Å². The lowest BCUT2D eigenvalue weighted by Crippen LogP contribution is -2.64. The Labute approximate surface area is 207 Å². The number of allylic oxidation sites excluding steroid dienone is 4. The van der Waals surface area contributed by atoms with Crippen molar-refractivity contribution in [1.29, 1.82) is 0 Å². The predicted octanol–water partition coefficient (Wildman–Crippen LogP) is 3.73. The van der Waals surface area contributed by atoms with Crippen molar-refractivity contribution in [2.45, 2.75) is 84.8 Å². The van der Waals surface area contributed by atoms with E-state index in [1.807, 2.05) is 19.9 Å². The number of hydrogen-bond acceptors (Lipinski definition) is 7. The van der Waals surface area contributed by atoms with Crippen LogP contribution in [0.4, 0.5) is 0 Å². The quantitative estimate of drug-likeness (QED) is 0.570. The molecule has 0 aromatic rings. The van der Waals surface area contributed by atoms with Crippen LogP contribution >= 0.6 is 0 Å². The SMILES string of the molecule is CCC(=O)OCC(=O)[C@@]1(OC(=O)CC)C(C)CC2C3CCC4=CC(=O)C=CC4(C)C3C(O)CC21C. The Hall–Kier alpha value is -2.28. The number of hydrogen-bond donors (Lipinski definition) is 1. The number of fused-ring (bicyclic) bond motifs is 5. The average Bonchev–Trinajstić information content (AvgIpc) is 3.04. The van der Waals surface area contributed by atoms with Gasteiger partial charge in [-0.3, -0.25) is 19.2 Å². The second kappa shape index (κ2) is 8.99. The molecule has 35 heavy (non-hydrogen) atoms. The zero-order valence-corrected chi connectivity index (χ0v) is 21.5. The number of aliphatic hydroxyl groups is 1. The minimum atomic E-state index is -1.47. The molecular formula is C28H38O7. The van der Waals surface area contributed by atoms with Crippen molar-refractivity contribution < 1.29 is 33.8 Å². The van der Waals surface area contributed by atoms with Crippen LogP contribution in [-0.4, -0.2) is 46.9 Å². The Morgan fingerprint density at radius 1 is 1.14 bits per heavy atom. The number of carbonyl (C=O) groups is 4. The molecule has 0 saturated heterocycles. The molecule has 4 rings (SSSR count). The third-order valence-corrected chi connectivity index (χ3v) is 9.67. The molecule has 7 unspecified atom stereocenters. The number of ketones is 2. The maximum absolute atomic E-state index is 13.8. The third-order valence-electron chi connectivity index (χ3n) is 9.67. The summed E-state index contributed by atoms with van der Waals surface area (Å²) in [6.07, 6.45) is 7.31. The van der Waals surface area contributed by atoms with Crippen molar-refractivity contribution in [2.24, 2.45) is 34.5 Å². The Kier molecular flexibility index (Phi) is 6.62. The standard InChI is InChI=1S/C28H38O7/c1-6-23(32)34-15-22(31)28(35-24(33)7-2)16(3)12-20-19-9-8-17-13-18(29)10-11-26(17,4)25(19)21(30)14-27(20,28)5/h10-11,13,16,19-21,25,30H,6-9,12,14-15H2,1-5H3/t16?,19?,20?,21?,25?,26?,27?,28-/m0/s1. The molecule has 4 aliphatic carbocycles. The number of carbonyl (C=O) groups excluding carboxylic acids is 4. The van der Waals surface area contributed by atoms with Crippen LogP contribution in [0.5, 0.6) is 0 Å². The van der Waals surface area contributed by atoms with Crippen molar-refractivity contribution in [3.63, 3.8) is 0 Å². The van der Waals surface area contributed by atoms with Crippen LogP contribution in [0.15, 0.2) is 23.8 Å². The first-order valence-corrected chi connectivity index (χ1v) is 13.0. The highest BCUT2D eigenvalue weighted by atomic mass is 16.6. The fourth-order valence-electron chi connectivity index (χ4n) is 8.12. The van der Waals surface area contributed by atoms with E-state index in [0.29, 0.717) is 6.42 Å². The van der Waals surface area contributed by atoms with Gasteiger partial charge in [0.1, 0.15) is 0 Å². The first-order valence-electron chi connectivity index (χ1n) is 13.0. The van der Waals surface area contributed by atoms with E-state index in [9.17, 15) is 24.3 Å². The van der Waals surface area contributed by atoms with Crippen LogP contribution in [0.1, 0.15) is 73.1 Å². The van der Waals surface area contributed by atoms with Crippen molar-refractivity contribution in [1.82, 2.24) is 0 Å². The maximum atomic E-state index is 13.8. The van der Waals surface area contributed by atoms with Gasteiger partial charge in [-0.1, -0.05) is 46.3 Å². The number of aliphatic hydroxyl groups excluding tert-OH is 1. The molecule has 1 N–H and O–H groups in total. The molecule has 7 nitrogen and oxygen atoms in total. The van der Waals surface area contributed by atoms with Gasteiger partial charge in [-0.05, 0) is 49.7 Å². The molecule has 0 amide bonds. The van der Waals surface area contributed by atoms with E-state index in [4.69, 9.17) is 9.47 Å². The lowest BCUT2D eigenvalue weighted by atomic mass is 9.46. The monoisotopic (exact) mass is 486 g/mol. The average molecular weight is 487 g/mol. The largest absolute Gasteiger partial charge is 0.457 e. The van der Waals surface area contributed by atoms with Gasteiger partial charge >= 0.3 is 11.9 Å². The molecule has 192 valence electrons. The molecule has 0 aromatic carbocycles. The fourth-order valence-corrected chi connectivity index (χ4v) is 8.12. The van der Waals surface area contributed by atoms with Crippen LogP contribution in [-0.2, 0) is 28.7 Å². The van der Waals surface area contributed by atoms with E-state index < -0.39 is 46.9 Å². The van der Waals surface area contributed by atoms with Gasteiger partial charge in [0.25, 0.3) is 0 Å². The number of ether oxygens (including phenoxy) is 2. The zero-order valence-electron chi connectivity index (χ0n) is 21.5. The van der Waals surface area contributed by atoms with Gasteiger partial charge in [0.05, 0.1) is 6.10 Å². The molecular weight excluding hydrogens is 448 g/mol. The maximum Gasteiger partial charge on any atom is 0.306 e. The van der Waals surface area contributed by atoms with E-state index >= 15 is 0 Å². The Morgan fingerprint density at radius 3 is 2.49 bits per heavy atom. The van der Waals surface area contributed by atoms with Crippen LogP contribution in [0.2, 0.25) is 0 Å². The van der Waals surface area contributed by atoms with E-state index in [-0.39, 0.29) is 48.7 Å². The van der Waals surface area contributed by atoms with Gasteiger partial charge in [-0.25, -0.2) is 0 Å². The van der Waals surface area contributed by atoms with E-state index in [1.54, 1.807) is 26.0 Å². The Morgan fingerprint density at radius 2 is 1.83 bits per heavy atom. The lowest BCUT2D eigenvalue weighted by molar-refractivity contribution is -0.206. The topological polar surface area (TPSA) is 107 Å². The summed E-state index contributed by atoms with van der Waals surface area (Å²) in [6.45, 7) is 8.90. The highest BCUT2D eigenvalue weighted by Crippen LogP contribution is 2.69. The second-order valence-corrected chi connectivity index (χ2v) is 11.3. The van der Waals surface area contributed by atoms with Gasteiger partial charge in [-0.15, -0.1) is 0 Å². The van der Waals surface area contributed by atoms with Crippen molar-refractivity contribution >= 4 is 23.5 Å². The van der Waals surface area contributed by atoms with Crippen LogP contribution in [0, 0.1) is 34.5 Å². The summed E-state index contributed by atoms with van der Waals surface area (Å²) < 4.78 is 11.3. The van der Waals surface area contributed by atoms with Crippen molar-refractivity contribution in [3.05, 3.63) is 23.8 Å². The summed E-state index contributed by atoms with van der Waals surface area (Å²) in [5.41, 5.74) is -1.64. The molecule has 0 spiro atoms. The summed E-state index contributed by atoms with van der Waals surface area (Å²) in [7, 11) is 0. The molecule has 7 heteroatoms. The highest BCUT2D eigenvalue weighted by molar-refractivity contribution is 6.01. The van der Waals surface area contributed by atoms with Gasteiger partial charge < -0.3 is 14.6 Å². The van der Waals surface area contributed by atoms with Crippen LogP contribution < -0.4 is 0 Å². The molecule has 0 aliphatic heterocycles. The Bertz CT molecular complexity index is 995. The fraction of sp³-hybridized carbons (Fsp3) is 0.714. The molecule has 0 aromatic heterocycles. The number of esters is 2. The summed E-state index contributed by atoms with van der Waals surface area (Å²) >= 11 is 0. The zero-order chi connectivity index (χ0) is 25.8. The summed E-state index contributed by atoms with van der Waals surface area (Å²) in [6, 6.07) is 0. The Balaban J connectivity index is 1.76. The van der Waals surface area contributed by atoms with Crippen LogP contribution in [0.25, 0.3) is 0 Å². The molecule has 0 radical (unpaired) electrons. The molecule has 3 saturated carbocycles. The summed E-state index contributed by atoms with van der Waals surface area (Å²) in [4.78, 5) is 50.4. The van der Waals surface area contributed by atoms with E-state index in [2.05, 4.69) is 6.92 Å². The first-order chi connectivity index (χ1) is 16.4. The van der Waals surface area contributed by atoms with Gasteiger partial charge in [-0.2, -0.15) is 0 Å². The molecule has 3 fully saturated rings. The summed E-state index contributed by atoms with van der Waals surface area (Å²) in [5, 5.41) is 11.7. The van der Waals surface area contributed by atoms with E-state index in [0.717, 1.165) is 18.4 Å². The number of Topliss-reactive ketones (excluding diaryl/α,β-unsaturated/α-hetero) is 1. The minimum Gasteiger partial charge on any atom is -0.457 e. The smallest absolute Gasteiger partial charge is 0.306 e. The van der Waals surface area contributed by atoms with Crippen LogP contribution in [0.3, 0.4) is 0 Å². The van der Waals surface area contributed by atoms with Crippen molar-refractivity contribution in [2.75, 3.05) is 6.61 Å². The third kappa shape index (κ3) is 3.73. The van der Waals surface area contributed by atoms with E-state index in [1.165, 1.54) is 0 Å². The number of rotatable bonds is 6. The highest BCUT2D eigenvalue weighted by Gasteiger charge is 2.72. The lowest BCUT2D eigenvalue weighted by Gasteiger charge is -2.60. The molecule has 0 bridgehead atoms. The first kappa shape index (κ1) is 25.8. The second-order valence-electron chi connectivity index (χ2n) is 11.3. The predicted molar refractivity (Wildman–Crippen MR) is 128 cm³/mol. The summed E-state index contributed by atoms with van der Waals surface area (Å²) in [5.74, 6) is -1.63. The molecule has 4 aliphatic rings. The normalized spacial score (nSPS) is 41.8. The van der Waals surface area contributed by atoms with Crippen molar-refractivity contribution in [3.8, 4) is 0 Å². The van der Waals surface area contributed by atoms with Gasteiger partial charge in [0.15, 0.2) is 18.0 Å². The molecule has 8 atom stereocenters. The van der Waals surface area contributed by atoms with Gasteiger partial charge in [0.2, 0.25) is 5.78 Å². The molecule has 0 heterocycles.